The van der Waals surface area contributed by atoms with E-state index in [-0.39, 0.29) is 6.10 Å². The van der Waals surface area contributed by atoms with E-state index in [4.69, 9.17) is 4.74 Å². The molecule has 0 radical (unpaired) electrons. The molecule has 2 fully saturated rings. The first-order chi connectivity index (χ1) is 8.58. The summed E-state index contributed by atoms with van der Waals surface area (Å²) in [5.74, 6) is 0. The van der Waals surface area contributed by atoms with Crippen LogP contribution in [0.3, 0.4) is 0 Å². The highest BCUT2D eigenvalue weighted by atomic mass is 16.5. The van der Waals surface area contributed by atoms with Gasteiger partial charge in [0, 0.05) is 24.1 Å². The van der Waals surface area contributed by atoms with Crippen LogP contribution in [0.5, 0.6) is 0 Å². The van der Waals surface area contributed by atoms with E-state index >= 15 is 0 Å². The van der Waals surface area contributed by atoms with Gasteiger partial charge in [-0.05, 0) is 46.5 Å². The minimum atomic E-state index is -0.213. The van der Waals surface area contributed by atoms with Gasteiger partial charge in [0.1, 0.15) is 0 Å². The molecular formula is C15H29NO2. The Morgan fingerprint density at radius 2 is 2.00 bits per heavy atom. The first-order valence-electron chi connectivity index (χ1n) is 7.64. The van der Waals surface area contributed by atoms with Crippen LogP contribution in [-0.2, 0) is 4.74 Å². The van der Waals surface area contributed by atoms with Gasteiger partial charge in [-0.1, -0.05) is 12.8 Å². The summed E-state index contributed by atoms with van der Waals surface area (Å²) in [5.41, 5.74) is 0.406. The summed E-state index contributed by atoms with van der Waals surface area (Å²) in [6.07, 6.45) is 7.59. The van der Waals surface area contributed by atoms with Crippen LogP contribution in [0.4, 0.5) is 0 Å². The molecule has 3 heteroatoms. The summed E-state index contributed by atoms with van der Waals surface area (Å²) in [6.45, 7) is 6.98. The van der Waals surface area contributed by atoms with Crippen molar-refractivity contribution in [3.63, 3.8) is 0 Å². The van der Waals surface area contributed by atoms with Crippen molar-refractivity contribution in [2.75, 3.05) is 6.61 Å². The quantitative estimate of drug-likeness (QED) is 0.766. The molecule has 0 heterocycles. The Morgan fingerprint density at radius 1 is 1.33 bits per heavy atom. The zero-order chi connectivity index (χ0) is 13.2. The molecule has 106 valence electrons. The second-order valence-corrected chi connectivity index (χ2v) is 6.32. The summed E-state index contributed by atoms with van der Waals surface area (Å²) in [4.78, 5) is 0. The molecule has 0 aromatic rings. The first-order valence-corrected chi connectivity index (χ1v) is 7.64. The Morgan fingerprint density at radius 3 is 2.56 bits per heavy atom. The SMILES string of the molecule is CCOC1CC(NC(C)CC(C)O)C12CCCC2. The van der Waals surface area contributed by atoms with Crippen LogP contribution in [0.15, 0.2) is 0 Å². The van der Waals surface area contributed by atoms with E-state index in [2.05, 4.69) is 19.2 Å². The zero-order valence-corrected chi connectivity index (χ0v) is 12.1. The molecule has 2 rings (SSSR count). The van der Waals surface area contributed by atoms with Crippen LogP contribution in [0.25, 0.3) is 0 Å². The van der Waals surface area contributed by atoms with Crippen molar-refractivity contribution < 1.29 is 9.84 Å². The maximum Gasteiger partial charge on any atom is 0.0661 e. The molecule has 4 atom stereocenters. The summed E-state index contributed by atoms with van der Waals surface area (Å²) < 4.78 is 5.92. The highest BCUT2D eigenvalue weighted by molar-refractivity contribution is 5.10. The van der Waals surface area contributed by atoms with Crippen LogP contribution >= 0.6 is 0 Å². The summed E-state index contributed by atoms with van der Waals surface area (Å²) in [7, 11) is 0. The molecule has 0 bridgehead atoms. The molecule has 1 spiro atoms. The number of hydrogen-bond donors (Lipinski definition) is 2. The Kier molecular flexibility index (Phi) is 4.68. The van der Waals surface area contributed by atoms with E-state index in [9.17, 15) is 5.11 Å². The molecule has 3 nitrogen and oxygen atoms in total. The van der Waals surface area contributed by atoms with Gasteiger partial charge in [-0.15, -0.1) is 0 Å². The molecule has 0 saturated heterocycles. The van der Waals surface area contributed by atoms with Crippen molar-refractivity contribution in [3.05, 3.63) is 0 Å². The lowest BCUT2D eigenvalue weighted by Crippen LogP contribution is -2.64. The maximum absolute atomic E-state index is 9.45. The molecule has 2 N–H and O–H groups in total. The van der Waals surface area contributed by atoms with Crippen molar-refractivity contribution in [3.8, 4) is 0 Å². The predicted molar refractivity (Wildman–Crippen MR) is 73.6 cm³/mol. The van der Waals surface area contributed by atoms with Gasteiger partial charge in [0.25, 0.3) is 0 Å². The summed E-state index contributed by atoms with van der Waals surface area (Å²) in [6, 6.07) is 1.00. The van der Waals surface area contributed by atoms with Crippen LogP contribution in [-0.4, -0.2) is 36.0 Å². The third kappa shape index (κ3) is 2.73. The van der Waals surface area contributed by atoms with Crippen molar-refractivity contribution in [1.82, 2.24) is 5.32 Å². The fourth-order valence-electron chi connectivity index (χ4n) is 4.04. The Hall–Kier alpha value is -0.120. The van der Waals surface area contributed by atoms with Gasteiger partial charge in [0.15, 0.2) is 0 Å². The van der Waals surface area contributed by atoms with Crippen LogP contribution in [0, 0.1) is 5.41 Å². The topological polar surface area (TPSA) is 41.5 Å². The Labute approximate surface area is 111 Å². The smallest absolute Gasteiger partial charge is 0.0661 e. The van der Waals surface area contributed by atoms with Gasteiger partial charge in [-0.3, -0.25) is 0 Å². The van der Waals surface area contributed by atoms with E-state index in [0.717, 1.165) is 19.4 Å². The lowest BCUT2D eigenvalue weighted by atomic mass is 9.60. The second-order valence-electron chi connectivity index (χ2n) is 6.32. The molecular weight excluding hydrogens is 226 g/mol. The van der Waals surface area contributed by atoms with Crippen LogP contribution in [0.1, 0.15) is 59.3 Å². The molecule has 2 saturated carbocycles. The number of aliphatic hydroxyl groups excluding tert-OH is 1. The minimum absolute atomic E-state index is 0.213. The van der Waals surface area contributed by atoms with Gasteiger partial charge in [-0.2, -0.15) is 0 Å². The maximum atomic E-state index is 9.45. The lowest BCUT2D eigenvalue weighted by molar-refractivity contribution is -0.132. The van der Waals surface area contributed by atoms with Crippen molar-refractivity contribution >= 4 is 0 Å². The Bertz CT molecular complexity index is 261. The summed E-state index contributed by atoms with van der Waals surface area (Å²) >= 11 is 0. The van der Waals surface area contributed by atoms with E-state index in [1.807, 2.05) is 6.92 Å². The first kappa shape index (κ1) is 14.3. The van der Waals surface area contributed by atoms with Gasteiger partial charge in [0.05, 0.1) is 12.2 Å². The van der Waals surface area contributed by atoms with Crippen LogP contribution < -0.4 is 5.32 Å². The van der Waals surface area contributed by atoms with Crippen LogP contribution in [0.2, 0.25) is 0 Å². The lowest BCUT2D eigenvalue weighted by Gasteiger charge is -2.55. The Balaban J connectivity index is 1.89. The number of ether oxygens (including phenoxy) is 1. The molecule has 2 aliphatic rings. The largest absolute Gasteiger partial charge is 0.393 e. The number of rotatable bonds is 6. The van der Waals surface area contributed by atoms with E-state index in [1.165, 1.54) is 25.7 Å². The van der Waals surface area contributed by atoms with Gasteiger partial charge < -0.3 is 15.2 Å². The monoisotopic (exact) mass is 255 g/mol. The highest BCUT2D eigenvalue weighted by Crippen LogP contribution is 2.54. The molecule has 0 amide bonds. The molecule has 4 unspecified atom stereocenters. The summed E-state index contributed by atoms with van der Waals surface area (Å²) in [5, 5.41) is 13.2. The minimum Gasteiger partial charge on any atom is -0.393 e. The van der Waals surface area contributed by atoms with Crippen molar-refractivity contribution in [2.24, 2.45) is 5.41 Å². The van der Waals surface area contributed by atoms with E-state index in [0.29, 0.717) is 23.6 Å². The van der Waals surface area contributed by atoms with E-state index in [1.54, 1.807) is 0 Å². The van der Waals surface area contributed by atoms with Crippen molar-refractivity contribution in [2.45, 2.75) is 83.6 Å². The third-order valence-electron chi connectivity index (χ3n) is 4.87. The highest BCUT2D eigenvalue weighted by Gasteiger charge is 2.56. The average molecular weight is 255 g/mol. The molecule has 18 heavy (non-hydrogen) atoms. The standard InChI is InChI=1S/C15H29NO2/c1-4-18-14-10-13(15(14)7-5-6-8-15)16-11(2)9-12(3)17/h11-14,16-17H,4-10H2,1-3H3. The number of aliphatic hydroxyl groups is 1. The van der Waals surface area contributed by atoms with Gasteiger partial charge >= 0.3 is 0 Å². The molecule has 2 aliphatic carbocycles. The van der Waals surface area contributed by atoms with E-state index < -0.39 is 0 Å². The number of hydrogen-bond acceptors (Lipinski definition) is 3. The average Bonchev–Trinajstić information content (AvgIpc) is 2.78. The van der Waals surface area contributed by atoms with Gasteiger partial charge in [0.2, 0.25) is 0 Å². The van der Waals surface area contributed by atoms with Gasteiger partial charge in [-0.25, -0.2) is 0 Å². The second kappa shape index (κ2) is 5.89. The van der Waals surface area contributed by atoms with Crippen molar-refractivity contribution in [1.29, 1.82) is 0 Å². The fraction of sp³-hybridized carbons (Fsp3) is 1.00. The molecule has 0 aliphatic heterocycles. The normalized spacial score (nSPS) is 33.3. The zero-order valence-electron chi connectivity index (χ0n) is 12.1. The fourth-order valence-corrected chi connectivity index (χ4v) is 4.04. The molecule has 0 aromatic heterocycles. The predicted octanol–water partition coefficient (Wildman–Crippen LogP) is 2.47. The third-order valence-corrected chi connectivity index (χ3v) is 4.87. The molecule has 0 aromatic carbocycles. The number of nitrogens with one attached hydrogen (secondary N) is 1.